The van der Waals surface area contributed by atoms with E-state index in [1.54, 1.807) is 18.2 Å². The van der Waals surface area contributed by atoms with Crippen LogP contribution in [0.25, 0.3) is 22.6 Å². The van der Waals surface area contributed by atoms with Gasteiger partial charge in [-0.25, -0.2) is 0 Å². The SMILES string of the molecule is CC(C)(O)CCn1ncc(-c2onc(-c3cccc(OCc4ccccc4)c3Cl)c2CBr)c1C(F)(F)F. The third-order valence-corrected chi connectivity index (χ3v) is 6.62. The number of aryl methyl sites for hydroxylation is 1. The van der Waals surface area contributed by atoms with Gasteiger partial charge in [-0.15, -0.1) is 0 Å². The molecule has 0 amide bonds. The lowest BCUT2D eigenvalue weighted by atomic mass is 10.0. The lowest BCUT2D eigenvalue weighted by Crippen LogP contribution is -2.24. The van der Waals surface area contributed by atoms with E-state index in [0.29, 0.717) is 22.6 Å². The fourth-order valence-electron chi connectivity index (χ4n) is 3.80. The Bertz CT molecular complexity index is 1370. The number of hydrogen-bond acceptors (Lipinski definition) is 5. The van der Waals surface area contributed by atoms with E-state index in [2.05, 4.69) is 26.2 Å². The highest BCUT2D eigenvalue weighted by Gasteiger charge is 2.40. The number of nitrogens with zero attached hydrogens (tertiary/aromatic N) is 3. The topological polar surface area (TPSA) is 73.3 Å². The molecule has 0 radical (unpaired) electrons. The van der Waals surface area contributed by atoms with Crippen LogP contribution in [0.4, 0.5) is 13.2 Å². The maximum atomic E-state index is 14.1. The Balaban J connectivity index is 1.71. The molecule has 196 valence electrons. The third-order valence-electron chi connectivity index (χ3n) is 5.67. The number of halogens is 5. The van der Waals surface area contributed by atoms with Crippen LogP contribution in [0.5, 0.6) is 5.75 Å². The largest absolute Gasteiger partial charge is 0.487 e. The Hall–Kier alpha value is -2.82. The van der Waals surface area contributed by atoms with Gasteiger partial charge in [0.15, 0.2) is 11.5 Å². The molecule has 0 saturated carbocycles. The Kier molecular flexibility index (Phi) is 8.01. The van der Waals surface area contributed by atoms with Crippen LogP contribution < -0.4 is 4.74 Å². The summed E-state index contributed by atoms with van der Waals surface area (Å²) in [6.07, 6.45) is -3.54. The van der Waals surface area contributed by atoms with E-state index < -0.39 is 17.5 Å². The van der Waals surface area contributed by atoms with Gasteiger partial charge >= 0.3 is 6.18 Å². The molecule has 6 nitrogen and oxygen atoms in total. The van der Waals surface area contributed by atoms with Crippen LogP contribution in [0.1, 0.15) is 37.1 Å². The molecule has 0 saturated heterocycles. The molecule has 0 aliphatic carbocycles. The number of rotatable bonds is 9. The maximum absolute atomic E-state index is 14.1. The first-order valence-corrected chi connectivity index (χ1v) is 12.9. The Morgan fingerprint density at radius 2 is 1.81 bits per heavy atom. The molecule has 4 rings (SSSR count). The zero-order valence-electron chi connectivity index (χ0n) is 20.0. The first-order chi connectivity index (χ1) is 17.5. The van der Waals surface area contributed by atoms with Crippen molar-refractivity contribution in [2.45, 2.75) is 50.5 Å². The minimum absolute atomic E-state index is 0.0691. The molecule has 0 unspecified atom stereocenters. The van der Waals surface area contributed by atoms with Gasteiger partial charge in [-0.1, -0.05) is 75.2 Å². The number of alkyl halides is 4. The van der Waals surface area contributed by atoms with E-state index in [0.717, 1.165) is 16.4 Å². The molecule has 11 heteroatoms. The van der Waals surface area contributed by atoms with Crippen LogP contribution in [0.2, 0.25) is 5.02 Å². The van der Waals surface area contributed by atoms with E-state index in [1.165, 1.54) is 13.8 Å². The summed E-state index contributed by atoms with van der Waals surface area (Å²) in [5.41, 5.74) is -0.291. The number of benzene rings is 2. The van der Waals surface area contributed by atoms with Crippen LogP contribution >= 0.6 is 27.5 Å². The molecule has 0 atom stereocenters. The monoisotopic (exact) mass is 597 g/mol. The van der Waals surface area contributed by atoms with Crippen LogP contribution in [0.3, 0.4) is 0 Å². The molecular formula is C26H24BrClF3N3O3. The fourth-order valence-corrected chi connectivity index (χ4v) is 4.59. The summed E-state index contributed by atoms with van der Waals surface area (Å²) in [4.78, 5) is 0. The zero-order valence-corrected chi connectivity index (χ0v) is 22.4. The van der Waals surface area contributed by atoms with Crippen molar-refractivity contribution in [2.75, 3.05) is 0 Å². The van der Waals surface area contributed by atoms with E-state index in [4.69, 9.17) is 20.9 Å². The van der Waals surface area contributed by atoms with E-state index in [-0.39, 0.29) is 41.2 Å². The second-order valence-corrected chi connectivity index (χ2v) is 9.99. The predicted octanol–water partition coefficient (Wildman–Crippen LogP) is 7.51. The van der Waals surface area contributed by atoms with Crippen molar-refractivity contribution in [3.8, 4) is 28.3 Å². The lowest BCUT2D eigenvalue weighted by Gasteiger charge is -2.18. The third kappa shape index (κ3) is 6.19. The average Bonchev–Trinajstić information content (AvgIpc) is 3.46. The minimum atomic E-state index is -4.72. The summed E-state index contributed by atoms with van der Waals surface area (Å²) in [6, 6.07) is 14.7. The van der Waals surface area contributed by atoms with Gasteiger partial charge in [0.2, 0.25) is 0 Å². The minimum Gasteiger partial charge on any atom is -0.487 e. The van der Waals surface area contributed by atoms with Gasteiger partial charge in [0.05, 0.1) is 22.4 Å². The second kappa shape index (κ2) is 10.9. The molecule has 4 aromatic rings. The molecule has 37 heavy (non-hydrogen) atoms. The highest BCUT2D eigenvalue weighted by Crippen LogP contribution is 2.43. The van der Waals surface area contributed by atoms with E-state index in [9.17, 15) is 18.3 Å². The quantitative estimate of drug-likeness (QED) is 0.202. The second-order valence-electron chi connectivity index (χ2n) is 9.05. The van der Waals surface area contributed by atoms with Gasteiger partial charge in [0.25, 0.3) is 0 Å². The molecule has 1 N–H and O–H groups in total. The van der Waals surface area contributed by atoms with Crippen LogP contribution in [0.15, 0.2) is 59.3 Å². The van der Waals surface area contributed by atoms with Gasteiger partial charge in [0, 0.05) is 23.0 Å². The highest BCUT2D eigenvalue weighted by atomic mass is 79.9. The highest BCUT2D eigenvalue weighted by molar-refractivity contribution is 9.08. The van der Waals surface area contributed by atoms with E-state index in [1.807, 2.05) is 30.3 Å². The van der Waals surface area contributed by atoms with Crippen molar-refractivity contribution in [2.24, 2.45) is 0 Å². The summed E-state index contributed by atoms with van der Waals surface area (Å²) in [7, 11) is 0. The molecule has 2 aromatic carbocycles. The van der Waals surface area contributed by atoms with Gasteiger partial charge in [-0.3, -0.25) is 4.68 Å². The number of ether oxygens (including phenoxy) is 1. The van der Waals surface area contributed by atoms with Crippen LogP contribution in [-0.4, -0.2) is 25.6 Å². The fraction of sp³-hybridized carbons (Fsp3) is 0.308. The standard InChI is InChI=1S/C26H24BrClF3N3O3/c1-25(2,35)11-12-34-24(26(29,30)31)19(14-32-34)23-18(13-27)22(33-37-23)17-9-6-10-20(21(17)28)36-15-16-7-4-3-5-8-16/h3-10,14,35H,11-13,15H2,1-2H3. The van der Waals surface area contributed by atoms with Crippen LogP contribution in [-0.2, 0) is 24.7 Å². The molecule has 2 aromatic heterocycles. The van der Waals surface area contributed by atoms with Crippen molar-refractivity contribution in [3.63, 3.8) is 0 Å². The smallest absolute Gasteiger partial charge is 0.433 e. The van der Waals surface area contributed by atoms with Gasteiger partial charge < -0.3 is 14.4 Å². The van der Waals surface area contributed by atoms with Gasteiger partial charge in [-0.2, -0.15) is 18.3 Å². The average molecular weight is 599 g/mol. The molecule has 0 bridgehead atoms. The lowest BCUT2D eigenvalue weighted by molar-refractivity contribution is -0.144. The molecule has 0 aliphatic heterocycles. The first kappa shape index (κ1) is 27.2. The summed E-state index contributed by atoms with van der Waals surface area (Å²) >= 11 is 10.0. The van der Waals surface area contributed by atoms with Crippen molar-refractivity contribution < 1.29 is 27.5 Å². The first-order valence-electron chi connectivity index (χ1n) is 11.4. The normalized spacial score (nSPS) is 12.2. The molecular weight excluding hydrogens is 575 g/mol. The van der Waals surface area contributed by atoms with E-state index >= 15 is 0 Å². The summed E-state index contributed by atoms with van der Waals surface area (Å²) < 4.78 is 54.5. The molecule has 0 aliphatic rings. The number of aliphatic hydroxyl groups is 1. The van der Waals surface area contributed by atoms with Crippen molar-refractivity contribution in [3.05, 3.63) is 76.6 Å². The molecule has 2 heterocycles. The maximum Gasteiger partial charge on any atom is 0.433 e. The molecule has 0 fully saturated rings. The van der Waals surface area contributed by atoms with Crippen molar-refractivity contribution in [1.29, 1.82) is 0 Å². The Morgan fingerprint density at radius 1 is 1.08 bits per heavy atom. The van der Waals surface area contributed by atoms with Crippen LogP contribution in [0, 0.1) is 0 Å². The van der Waals surface area contributed by atoms with Gasteiger partial charge in [-0.05, 0) is 31.9 Å². The molecule has 0 spiro atoms. The number of aromatic nitrogens is 3. The van der Waals surface area contributed by atoms with Gasteiger partial charge in [0.1, 0.15) is 18.1 Å². The predicted molar refractivity (Wildman–Crippen MR) is 137 cm³/mol. The summed E-state index contributed by atoms with van der Waals surface area (Å²) in [6.45, 7) is 3.21. The Morgan fingerprint density at radius 3 is 2.46 bits per heavy atom. The zero-order chi connectivity index (χ0) is 26.8. The summed E-state index contributed by atoms with van der Waals surface area (Å²) in [5.74, 6) is 0.337. The number of hydrogen-bond donors (Lipinski definition) is 1. The Labute approximate surface area is 225 Å². The van der Waals surface area contributed by atoms with Crippen molar-refractivity contribution in [1.82, 2.24) is 14.9 Å². The summed E-state index contributed by atoms with van der Waals surface area (Å²) in [5, 5.41) is 18.4. The van der Waals surface area contributed by atoms with Crippen molar-refractivity contribution >= 4 is 27.5 Å².